The van der Waals surface area contributed by atoms with E-state index in [1.807, 2.05) is 59.5 Å². The monoisotopic (exact) mass is 457 g/mol. The van der Waals surface area contributed by atoms with Crippen LogP contribution in [-0.2, 0) is 21.7 Å². The van der Waals surface area contributed by atoms with E-state index in [0.29, 0.717) is 19.1 Å². The molecular weight excluding hydrogens is 429 g/mol. The van der Waals surface area contributed by atoms with Gasteiger partial charge in [0.05, 0.1) is 18.3 Å². The minimum atomic E-state index is -0.985. The van der Waals surface area contributed by atoms with Crippen molar-refractivity contribution in [2.24, 2.45) is 11.8 Å². The Morgan fingerprint density at radius 2 is 1.74 bits per heavy atom. The average molecular weight is 458 g/mol. The van der Waals surface area contributed by atoms with Crippen LogP contribution in [0.2, 0.25) is 0 Å². The smallest absolute Gasteiger partial charge is 0.264 e. The van der Waals surface area contributed by atoms with Crippen LogP contribution < -0.4 is 9.64 Å². The van der Waals surface area contributed by atoms with Crippen molar-refractivity contribution in [1.82, 2.24) is 0 Å². The summed E-state index contributed by atoms with van der Waals surface area (Å²) in [6.07, 6.45) is 3.96. The molecule has 1 amide bonds. The Morgan fingerprint density at radius 3 is 2.56 bits per heavy atom. The normalized spacial score (nSPS) is 27.6. The molecule has 2 heterocycles. The molecule has 3 aromatic carbocycles. The van der Waals surface area contributed by atoms with Gasteiger partial charge in [0.25, 0.3) is 5.91 Å². The van der Waals surface area contributed by atoms with Gasteiger partial charge in [-0.25, -0.2) is 4.39 Å². The van der Waals surface area contributed by atoms with E-state index in [2.05, 4.69) is 0 Å². The van der Waals surface area contributed by atoms with Gasteiger partial charge in [-0.1, -0.05) is 55.0 Å². The molecule has 0 N–H and O–H groups in total. The lowest BCUT2D eigenvalue weighted by atomic mass is 9.72. The molecule has 2 unspecified atom stereocenters. The number of amides is 1. The van der Waals surface area contributed by atoms with Crippen molar-refractivity contribution in [3.05, 3.63) is 95.8 Å². The summed E-state index contributed by atoms with van der Waals surface area (Å²) in [6, 6.07) is 24.1. The summed E-state index contributed by atoms with van der Waals surface area (Å²) in [4.78, 5) is 16.1. The van der Waals surface area contributed by atoms with E-state index in [1.165, 1.54) is 12.1 Å². The molecule has 2 fully saturated rings. The van der Waals surface area contributed by atoms with Crippen LogP contribution in [-0.4, -0.2) is 18.6 Å². The number of para-hydroxylation sites is 2. The SMILES string of the molecule is O=C1N(Cc2ccc(F)cc2)c2ccccc2[C@@]12O[C@H](COc1ccccc1)CC1CCCC12. The predicted molar refractivity (Wildman–Crippen MR) is 128 cm³/mol. The van der Waals surface area contributed by atoms with Crippen LogP contribution in [0, 0.1) is 17.7 Å². The zero-order valence-corrected chi connectivity index (χ0v) is 19.0. The molecule has 3 aromatic rings. The van der Waals surface area contributed by atoms with E-state index in [1.54, 1.807) is 12.1 Å². The first-order chi connectivity index (χ1) is 16.6. The highest BCUT2D eigenvalue weighted by Gasteiger charge is 2.62. The second-order valence-corrected chi connectivity index (χ2v) is 9.67. The second-order valence-electron chi connectivity index (χ2n) is 9.67. The molecule has 4 nitrogen and oxygen atoms in total. The first kappa shape index (κ1) is 21.4. The van der Waals surface area contributed by atoms with Crippen LogP contribution in [0.4, 0.5) is 10.1 Å². The molecule has 5 heteroatoms. The molecule has 1 saturated heterocycles. The number of carbonyl (C=O) groups excluding carboxylic acids is 1. The number of hydrogen-bond acceptors (Lipinski definition) is 3. The Morgan fingerprint density at radius 1 is 0.971 bits per heavy atom. The fraction of sp³-hybridized carbons (Fsp3) is 0.345. The third-order valence-corrected chi connectivity index (χ3v) is 7.69. The molecule has 0 bridgehead atoms. The fourth-order valence-corrected chi connectivity index (χ4v) is 6.25. The molecule has 0 aromatic heterocycles. The number of hydrogen-bond donors (Lipinski definition) is 0. The summed E-state index contributed by atoms with van der Waals surface area (Å²) < 4.78 is 26.4. The number of ether oxygens (including phenoxy) is 2. The minimum Gasteiger partial charge on any atom is -0.491 e. The molecule has 3 aliphatic rings. The van der Waals surface area contributed by atoms with Crippen LogP contribution in [0.15, 0.2) is 78.9 Å². The zero-order valence-electron chi connectivity index (χ0n) is 19.0. The van der Waals surface area contributed by atoms with Crippen molar-refractivity contribution in [1.29, 1.82) is 0 Å². The van der Waals surface area contributed by atoms with E-state index < -0.39 is 5.60 Å². The lowest BCUT2D eigenvalue weighted by Gasteiger charge is -2.45. The lowest BCUT2D eigenvalue weighted by molar-refractivity contribution is -0.194. The molecule has 1 saturated carbocycles. The number of halogens is 1. The van der Waals surface area contributed by atoms with E-state index in [0.717, 1.165) is 48.2 Å². The fourth-order valence-electron chi connectivity index (χ4n) is 6.25. The van der Waals surface area contributed by atoms with Crippen molar-refractivity contribution in [3.8, 4) is 5.75 Å². The largest absolute Gasteiger partial charge is 0.491 e. The van der Waals surface area contributed by atoms with Gasteiger partial charge in [-0.15, -0.1) is 0 Å². The van der Waals surface area contributed by atoms with Crippen LogP contribution in [0.25, 0.3) is 0 Å². The van der Waals surface area contributed by atoms with Crippen molar-refractivity contribution < 1.29 is 18.7 Å². The predicted octanol–water partition coefficient (Wildman–Crippen LogP) is 5.85. The Bertz CT molecular complexity index is 1180. The maximum Gasteiger partial charge on any atom is 0.264 e. The Hall–Kier alpha value is -3.18. The molecule has 1 spiro atoms. The number of nitrogens with zero attached hydrogens (tertiary/aromatic N) is 1. The quantitative estimate of drug-likeness (QED) is 0.482. The van der Waals surface area contributed by atoms with Crippen LogP contribution >= 0.6 is 0 Å². The standard InChI is InChI=1S/C29H28FNO3/c30-22-15-13-20(14-16-22)18-31-27-12-5-4-10-26(27)29(28(31)32)25-11-6-7-21(25)17-24(34-29)19-33-23-8-2-1-3-9-23/h1-5,8-10,12-16,21,24-25H,6-7,11,17-19H2/t21?,24-,25?,29+/m0/s1. The summed E-state index contributed by atoms with van der Waals surface area (Å²) in [7, 11) is 0. The molecular formula is C29H28FNO3. The second kappa shape index (κ2) is 8.55. The van der Waals surface area contributed by atoms with Gasteiger partial charge >= 0.3 is 0 Å². The molecule has 34 heavy (non-hydrogen) atoms. The highest BCUT2D eigenvalue weighted by atomic mass is 19.1. The molecule has 174 valence electrons. The van der Waals surface area contributed by atoms with E-state index in [-0.39, 0.29) is 23.7 Å². The Kier molecular flexibility index (Phi) is 5.37. The number of rotatable bonds is 5. The summed E-state index contributed by atoms with van der Waals surface area (Å²) in [5, 5.41) is 0. The Labute approximate surface area is 199 Å². The first-order valence-corrected chi connectivity index (χ1v) is 12.2. The molecule has 1 aliphatic carbocycles. The van der Waals surface area contributed by atoms with Gasteiger partial charge in [0.1, 0.15) is 18.2 Å². The summed E-state index contributed by atoms with van der Waals surface area (Å²) >= 11 is 0. The van der Waals surface area contributed by atoms with Gasteiger partial charge in [0.2, 0.25) is 0 Å². The van der Waals surface area contributed by atoms with Crippen molar-refractivity contribution >= 4 is 11.6 Å². The number of carbonyl (C=O) groups is 1. The number of benzene rings is 3. The van der Waals surface area contributed by atoms with Gasteiger partial charge in [-0.3, -0.25) is 4.79 Å². The third-order valence-electron chi connectivity index (χ3n) is 7.69. The summed E-state index contributed by atoms with van der Waals surface area (Å²) in [6.45, 7) is 0.812. The van der Waals surface area contributed by atoms with Crippen LogP contribution in [0.3, 0.4) is 0 Å². The average Bonchev–Trinajstić information content (AvgIpc) is 3.43. The van der Waals surface area contributed by atoms with Gasteiger partial charge in [0, 0.05) is 11.5 Å². The first-order valence-electron chi connectivity index (χ1n) is 12.2. The Balaban J connectivity index is 1.34. The summed E-state index contributed by atoms with van der Waals surface area (Å²) in [5.74, 6) is 1.12. The van der Waals surface area contributed by atoms with Gasteiger partial charge < -0.3 is 14.4 Å². The molecule has 2 aliphatic heterocycles. The van der Waals surface area contributed by atoms with Gasteiger partial charge in [-0.05, 0) is 61.1 Å². The van der Waals surface area contributed by atoms with E-state index >= 15 is 0 Å². The van der Waals surface area contributed by atoms with Gasteiger partial charge in [-0.2, -0.15) is 0 Å². The highest BCUT2D eigenvalue weighted by Crippen LogP contribution is 2.58. The van der Waals surface area contributed by atoms with Crippen molar-refractivity contribution in [3.63, 3.8) is 0 Å². The maximum absolute atomic E-state index is 14.3. The summed E-state index contributed by atoms with van der Waals surface area (Å²) in [5.41, 5.74) is 1.76. The topological polar surface area (TPSA) is 38.8 Å². The van der Waals surface area contributed by atoms with Crippen molar-refractivity contribution in [2.45, 2.75) is 43.9 Å². The third kappa shape index (κ3) is 3.50. The lowest BCUT2D eigenvalue weighted by Crippen LogP contribution is -2.55. The van der Waals surface area contributed by atoms with E-state index in [4.69, 9.17) is 9.47 Å². The van der Waals surface area contributed by atoms with Crippen LogP contribution in [0.1, 0.15) is 36.8 Å². The molecule has 6 rings (SSSR count). The minimum absolute atomic E-state index is 0.000615. The zero-order chi connectivity index (χ0) is 23.1. The highest BCUT2D eigenvalue weighted by molar-refractivity contribution is 6.07. The molecule has 0 radical (unpaired) electrons. The van der Waals surface area contributed by atoms with E-state index in [9.17, 15) is 9.18 Å². The van der Waals surface area contributed by atoms with Gasteiger partial charge in [0.15, 0.2) is 5.60 Å². The number of anilines is 1. The van der Waals surface area contributed by atoms with Crippen LogP contribution in [0.5, 0.6) is 5.75 Å². The van der Waals surface area contributed by atoms with Crippen molar-refractivity contribution in [2.75, 3.05) is 11.5 Å². The maximum atomic E-state index is 14.3. The molecule has 4 atom stereocenters. The number of fused-ring (bicyclic) bond motifs is 4.